The number of halogens is 7. The van der Waals surface area contributed by atoms with E-state index in [9.17, 15) is 28.8 Å². The molecule has 0 saturated carbocycles. The summed E-state index contributed by atoms with van der Waals surface area (Å²) in [7, 11) is 14.9. The molecule has 100 heavy (non-hydrogen) atoms. The smallest absolute Gasteiger partial charge is 1.00 e. The maximum atomic E-state index is 11.4. The van der Waals surface area contributed by atoms with Crippen LogP contribution in [0.4, 0.5) is 4.79 Å². The zero-order valence-electron chi connectivity index (χ0n) is 59.8. The third kappa shape index (κ3) is 33.8. The molecule has 39 heteroatoms. The van der Waals surface area contributed by atoms with Crippen LogP contribution < -0.4 is 167 Å². The molecule has 9 aromatic rings. The molecule has 1 saturated heterocycles. The van der Waals surface area contributed by atoms with Gasteiger partial charge in [-0.3, -0.25) is 28.5 Å². The quantitative estimate of drug-likeness (QED) is 0.0235. The van der Waals surface area contributed by atoms with Gasteiger partial charge in [0, 0.05) is 123 Å². The number of carboxylic acids is 1. The van der Waals surface area contributed by atoms with Gasteiger partial charge in [-0.1, -0.05) is 116 Å². The molecule has 4 aromatic heterocycles. The number of aromatic nitrogens is 8. The van der Waals surface area contributed by atoms with E-state index >= 15 is 0 Å². The summed E-state index contributed by atoms with van der Waals surface area (Å²) in [5, 5.41) is 37.6. The number of carbonyl (C=O) groups is 7. The van der Waals surface area contributed by atoms with Gasteiger partial charge in [-0.15, -0.1) is 0 Å². The molecule has 0 atom stereocenters. The van der Waals surface area contributed by atoms with E-state index in [0.29, 0.717) is 41.3 Å². The van der Waals surface area contributed by atoms with E-state index in [1.165, 1.54) is 28.4 Å². The largest absolute Gasteiger partial charge is 1.00 e. The molecule has 0 aliphatic carbocycles. The van der Waals surface area contributed by atoms with Crippen molar-refractivity contribution in [2.75, 3.05) is 73.3 Å². The maximum absolute atomic E-state index is 11.4. The number of morpholine rings is 1. The molecule has 0 unspecified atom stereocenters. The minimum Gasteiger partial charge on any atom is -1.00 e. The Bertz CT molecular complexity index is 4040. The molecule has 0 bridgehead atoms. The number of hydrogen-bond donors (Lipinski definition) is 1. The van der Waals surface area contributed by atoms with Crippen LogP contribution in [-0.4, -0.2) is 184 Å². The van der Waals surface area contributed by atoms with E-state index < -0.39 is 11.4 Å². The van der Waals surface area contributed by atoms with Crippen molar-refractivity contribution in [3.05, 3.63) is 147 Å². The van der Waals surface area contributed by atoms with Crippen molar-refractivity contribution in [1.29, 1.82) is 0 Å². The molecule has 2 aliphatic rings. The molecule has 2 aliphatic heterocycles. The number of nitrogens with zero attached hydrogens (tertiary/aromatic N) is 10. The number of esters is 4. The fourth-order valence-electron chi connectivity index (χ4n) is 7.95. The zero-order chi connectivity index (χ0) is 70.5. The number of methoxy groups -OCH3 is 4. The summed E-state index contributed by atoms with van der Waals surface area (Å²) in [6.45, 7) is 8.77. The van der Waals surface area contributed by atoms with E-state index in [4.69, 9.17) is 31.5 Å². The molecular weight excluding hydrogens is 1840 g/mol. The van der Waals surface area contributed by atoms with Crippen LogP contribution >= 0.6 is 114 Å². The maximum Gasteiger partial charge on any atom is 1.00 e. The first-order valence-electron chi connectivity index (χ1n) is 27.2. The predicted octanol–water partition coefficient (Wildman–Crippen LogP) is -0.295. The Morgan fingerprint density at radius 1 is 0.630 bits per heavy atom. The van der Waals surface area contributed by atoms with Crippen LogP contribution in [0, 0.1) is 5.92 Å². The van der Waals surface area contributed by atoms with Crippen LogP contribution in [0.3, 0.4) is 0 Å². The van der Waals surface area contributed by atoms with Gasteiger partial charge in [0.15, 0.2) is 0 Å². The Morgan fingerprint density at radius 3 is 1.31 bits per heavy atom. The normalized spacial score (nSPS) is 10.8. The van der Waals surface area contributed by atoms with Gasteiger partial charge in [-0.05, 0) is 84.1 Å². The molecule has 3 radical (unpaired) electrons. The van der Waals surface area contributed by atoms with Crippen molar-refractivity contribution in [3.8, 4) is 0 Å². The summed E-state index contributed by atoms with van der Waals surface area (Å²) in [6, 6.07) is 17.2. The number of carbonyl (C=O) groups excluding carboxylic acids is 6. The van der Waals surface area contributed by atoms with Gasteiger partial charge in [-0.2, -0.15) is 20.4 Å². The van der Waals surface area contributed by atoms with Crippen LogP contribution in [0.2, 0.25) is 0 Å². The average Bonchev–Trinajstić information content (AvgIpc) is 1.67. The summed E-state index contributed by atoms with van der Waals surface area (Å²) in [5.74, 6) is -1.95. The molecule has 521 valence electrons. The molecule has 27 nitrogen and oxygen atoms in total. The molecular formula is C61H69BBr5ClIK2N10Na2O17. The van der Waals surface area contributed by atoms with Gasteiger partial charge in [0.2, 0.25) is 0 Å². The zero-order valence-corrected chi connectivity index (χ0v) is 78.9. The fraction of sp³-hybridized carbons (Fsp3) is 0.311. The molecule has 0 spiro atoms. The van der Waals surface area contributed by atoms with Gasteiger partial charge in [-0.25, -0.2) is 28.8 Å². The number of ether oxygens (including phenoxy) is 6. The van der Waals surface area contributed by atoms with Gasteiger partial charge >= 0.3 is 197 Å². The van der Waals surface area contributed by atoms with Crippen molar-refractivity contribution in [2.45, 2.75) is 20.4 Å². The first-order valence-corrected chi connectivity index (χ1v) is 33.7. The number of rotatable bonds is 8. The van der Waals surface area contributed by atoms with E-state index in [0.717, 1.165) is 103 Å². The second-order valence-electron chi connectivity index (χ2n) is 19.5. The van der Waals surface area contributed by atoms with E-state index in [1.807, 2.05) is 52.2 Å². The molecule has 5 aromatic carbocycles. The number of likely N-dealkylation sites (N-methyl/N-ethyl adjacent to an activating group) is 1. The summed E-state index contributed by atoms with van der Waals surface area (Å²) in [4.78, 5) is 85.6. The SMILES string of the molecule is CC(C)COC(=O)Cl.CI.CN1CCOCC1.COC(=O)c1cc(Br)c2c(c1)CN=C2.COC(=O)c1cc(Br)c2cn(C)nc2c1.COC(=O)c1cc(Br)c2cnn(C)c2c1.COC(=O)c1cc(Br)c2cnn(C)c2c1.Cn1ncc2c(Br)cc(C(=O)O)cc21.O=CO[O-].[B].[H-].[H-].[K+].[K+].[Na+].[Na+].[OH-]. The number of aromatic carboxylic acids is 1. The minimum atomic E-state index is -0.936. The Morgan fingerprint density at radius 2 is 0.980 bits per heavy atom. The number of carboxylic acid groups (broad SMARTS) is 1. The average molecular weight is 1910 g/mol. The van der Waals surface area contributed by atoms with E-state index in [2.05, 4.69) is 168 Å². The van der Waals surface area contributed by atoms with Gasteiger partial charge in [0.1, 0.15) is 0 Å². The summed E-state index contributed by atoms with van der Waals surface area (Å²) < 4.78 is 39.1. The third-order valence-electron chi connectivity index (χ3n) is 12.6. The van der Waals surface area contributed by atoms with E-state index in [-0.39, 0.29) is 215 Å². The van der Waals surface area contributed by atoms with Crippen LogP contribution in [0.5, 0.6) is 0 Å². The summed E-state index contributed by atoms with van der Waals surface area (Å²) >= 11 is 23.9. The van der Waals surface area contributed by atoms with Crippen LogP contribution in [-0.2, 0) is 72.8 Å². The molecule has 11 rings (SSSR count). The number of alkyl halides is 1. The van der Waals surface area contributed by atoms with Crippen LogP contribution in [0.25, 0.3) is 43.6 Å². The molecule has 0 amide bonds. The van der Waals surface area contributed by atoms with Crippen molar-refractivity contribution >= 4 is 214 Å². The molecule has 2 N–H and O–H groups in total. The van der Waals surface area contributed by atoms with Gasteiger partial charge < -0.3 is 56.9 Å². The standard InChI is InChI=1S/3C10H9BrN2O2.C10H8BrNO2.C9H7BrN2O2.C5H9ClO2.C5H11NO.CH3I.CH2O3.B.2K.2Na.H2O.2H/c1-13-5-7-8(11)3-6(10(14)15-2)4-9(7)12-13;2*1-13-9-4-6(10(14)15-2)3-8(11)7(9)5-12-13;1-14-10(13)6-2-7-4-12-5-8(7)9(11)3-6;1-12-8-3-5(9(13)14)2-7(10)6(8)4-11-12;1-4(2)3-8-5(6)7;1-6-2-4-7-5-3-6;1-2;2-1-4-3;;;;;;;;/h3*3-5H,1-2H3;2-3,5H,4H2,1H3;2-4H,1H3,(H,13,14);4H,3H2,1-2H3;2-5H2,1H3;1H3;1,3H;;;;;;1H2;;/q;;;;;;;;;;4*+1;;2*-1/p-2. The number of hydrogen-bond acceptors (Lipinski definition) is 22. The Kier molecular flexibility index (Phi) is 57.7. The van der Waals surface area contributed by atoms with Gasteiger partial charge in [0.05, 0.1) is 123 Å². The third-order valence-corrected chi connectivity index (χ3v) is 16.0. The van der Waals surface area contributed by atoms with Crippen molar-refractivity contribution in [3.63, 3.8) is 0 Å². The Hall–Kier alpha value is -1.46. The van der Waals surface area contributed by atoms with E-state index in [1.54, 1.807) is 105 Å². The van der Waals surface area contributed by atoms with Crippen molar-refractivity contribution < 1.29 is 247 Å². The predicted molar refractivity (Wildman–Crippen MR) is 389 cm³/mol. The first kappa shape index (κ1) is 105. The number of benzene rings is 5. The second-order valence-corrected chi connectivity index (χ2v) is 24.1. The number of aryl methyl sites for hydroxylation is 4. The van der Waals surface area contributed by atoms with Crippen molar-refractivity contribution in [2.24, 2.45) is 39.1 Å². The minimum absolute atomic E-state index is 0. The topological polar surface area (TPSA) is 344 Å². The van der Waals surface area contributed by atoms with Crippen LogP contribution in [0.1, 0.15) is 79.6 Å². The van der Waals surface area contributed by atoms with Crippen molar-refractivity contribution in [1.82, 2.24) is 44.0 Å². The number of fused-ring (bicyclic) bond motifs is 5. The summed E-state index contributed by atoms with van der Waals surface area (Å²) in [5.41, 5.74) is 7.09. The van der Waals surface area contributed by atoms with Crippen LogP contribution in [0.15, 0.2) is 113 Å². The Balaban J connectivity index is -0.000000260. The first-order chi connectivity index (χ1) is 44.6. The Labute approximate surface area is 772 Å². The van der Waals surface area contributed by atoms with Gasteiger partial charge in [0.25, 0.3) is 6.47 Å². The second kappa shape index (κ2) is 55.0. The summed E-state index contributed by atoms with van der Waals surface area (Å²) in [6.07, 6.45) is 8.90. The molecule has 6 heterocycles. The molecule has 1 fully saturated rings. The number of aliphatic imine (C=N–C) groups is 1. The monoisotopic (exact) mass is 1900 g/mol. The fourth-order valence-corrected chi connectivity index (χ4v) is 10.8.